The van der Waals surface area contributed by atoms with Crippen LogP contribution in [0.4, 0.5) is 0 Å². The molecule has 4 rings (SSSR count). The average molecular weight is 378 g/mol. The van der Waals surface area contributed by atoms with E-state index in [4.69, 9.17) is 4.84 Å². The molecule has 5 heteroatoms. The largest absolute Gasteiger partial charge is 0.342 e. The summed E-state index contributed by atoms with van der Waals surface area (Å²) >= 11 is 0. The Kier molecular flexibility index (Phi) is 6.72. The Morgan fingerprint density at radius 3 is 2.63 bits per heavy atom. The molecule has 0 unspecified atom stereocenters. The van der Waals surface area contributed by atoms with Crippen molar-refractivity contribution >= 4 is 5.91 Å². The molecule has 1 amide bonds. The van der Waals surface area contributed by atoms with Crippen molar-refractivity contribution in [1.29, 1.82) is 0 Å². The molecule has 0 aromatic carbocycles. The topological polar surface area (TPSA) is 36.0 Å². The highest BCUT2D eigenvalue weighted by atomic mass is 16.7. The summed E-state index contributed by atoms with van der Waals surface area (Å²) in [6.07, 6.45) is 14.2. The van der Waals surface area contributed by atoms with Crippen LogP contribution < -0.4 is 0 Å². The van der Waals surface area contributed by atoms with Gasteiger partial charge >= 0.3 is 0 Å². The molecule has 3 heterocycles. The summed E-state index contributed by atoms with van der Waals surface area (Å²) in [4.78, 5) is 23.1. The number of hydrogen-bond donors (Lipinski definition) is 0. The molecule has 0 aromatic rings. The molecule has 5 nitrogen and oxygen atoms in total. The third-order valence-electron chi connectivity index (χ3n) is 7.51. The number of rotatable bonds is 6. The minimum atomic E-state index is 0.335. The molecule has 4 aliphatic rings. The molecular weight excluding hydrogens is 338 g/mol. The fourth-order valence-electron chi connectivity index (χ4n) is 5.88. The van der Waals surface area contributed by atoms with Gasteiger partial charge in [-0.3, -0.25) is 9.63 Å². The van der Waals surface area contributed by atoms with Crippen molar-refractivity contribution in [1.82, 2.24) is 14.9 Å². The Balaban J connectivity index is 1.21. The molecule has 1 atom stereocenters. The summed E-state index contributed by atoms with van der Waals surface area (Å²) in [7, 11) is 0. The van der Waals surface area contributed by atoms with Crippen LogP contribution in [0.25, 0.3) is 0 Å². The van der Waals surface area contributed by atoms with Crippen LogP contribution in [0.3, 0.4) is 0 Å². The van der Waals surface area contributed by atoms with E-state index in [1.54, 1.807) is 0 Å². The van der Waals surface area contributed by atoms with E-state index < -0.39 is 0 Å². The lowest BCUT2D eigenvalue weighted by Gasteiger charge is -2.41. The molecule has 0 N–H and O–H groups in total. The van der Waals surface area contributed by atoms with Gasteiger partial charge in [-0.1, -0.05) is 32.1 Å². The Labute approximate surface area is 165 Å². The van der Waals surface area contributed by atoms with E-state index in [0.717, 1.165) is 45.1 Å². The van der Waals surface area contributed by atoms with Crippen LogP contribution >= 0.6 is 0 Å². The summed E-state index contributed by atoms with van der Waals surface area (Å²) in [5.41, 5.74) is 0.380. The second kappa shape index (κ2) is 9.23. The summed E-state index contributed by atoms with van der Waals surface area (Å²) in [6, 6.07) is 0. The number of carbonyl (C=O) groups is 1. The predicted molar refractivity (Wildman–Crippen MR) is 107 cm³/mol. The summed E-state index contributed by atoms with van der Waals surface area (Å²) < 4.78 is 0. The van der Waals surface area contributed by atoms with Gasteiger partial charge < -0.3 is 9.80 Å². The van der Waals surface area contributed by atoms with Crippen molar-refractivity contribution in [2.75, 3.05) is 52.4 Å². The molecule has 1 spiro atoms. The van der Waals surface area contributed by atoms with Crippen LogP contribution in [0.2, 0.25) is 0 Å². The molecular formula is C22H39N3O2. The maximum Gasteiger partial charge on any atom is 0.223 e. The number of piperidine rings is 1. The molecule has 1 aliphatic carbocycles. The van der Waals surface area contributed by atoms with E-state index in [-0.39, 0.29) is 0 Å². The molecule has 154 valence electrons. The van der Waals surface area contributed by atoms with Crippen LogP contribution in [0.15, 0.2) is 0 Å². The first-order chi connectivity index (χ1) is 13.2. The lowest BCUT2D eigenvalue weighted by Crippen LogP contribution is -2.46. The van der Waals surface area contributed by atoms with E-state index in [0.29, 0.717) is 17.7 Å². The second-order valence-corrected chi connectivity index (χ2v) is 9.60. The molecule has 0 radical (unpaired) electrons. The number of hydroxylamine groups is 2. The van der Waals surface area contributed by atoms with Crippen molar-refractivity contribution in [3.63, 3.8) is 0 Å². The lowest BCUT2D eigenvalue weighted by molar-refractivity contribution is -0.138. The molecule has 3 aliphatic heterocycles. The van der Waals surface area contributed by atoms with Gasteiger partial charge in [0.15, 0.2) is 0 Å². The summed E-state index contributed by atoms with van der Waals surface area (Å²) in [6.45, 7) is 8.30. The molecule has 27 heavy (non-hydrogen) atoms. The molecule has 3 saturated heterocycles. The zero-order valence-electron chi connectivity index (χ0n) is 17.2. The maximum absolute atomic E-state index is 12.7. The van der Waals surface area contributed by atoms with E-state index in [2.05, 4.69) is 9.80 Å². The van der Waals surface area contributed by atoms with Crippen molar-refractivity contribution in [3.8, 4) is 0 Å². The third-order valence-corrected chi connectivity index (χ3v) is 7.51. The van der Waals surface area contributed by atoms with Crippen molar-refractivity contribution in [2.45, 2.75) is 70.6 Å². The Morgan fingerprint density at radius 1 is 0.926 bits per heavy atom. The smallest absolute Gasteiger partial charge is 0.223 e. The van der Waals surface area contributed by atoms with Crippen LogP contribution in [0.5, 0.6) is 0 Å². The van der Waals surface area contributed by atoms with Crippen LogP contribution in [-0.4, -0.2) is 73.2 Å². The van der Waals surface area contributed by atoms with Crippen molar-refractivity contribution in [2.24, 2.45) is 11.3 Å². The monoisotopic (exact) mass is 377 g/mol. The van der Waals surface area contributed by atoms with Gasteiger partial charge in [-0.25, -0.2) is 0 Å². The molecule has 0 aromatic heterocycles. The number of carbonyl (C=O) groups excluding carboxylic acids is 1. The number of likely N-dealkylation sites (tertiary alicyclic amines) is 2. The first-order valence-electron chi connectivity index (χ1n) is 11.6. The Bertz CT molecular complexity index is 488. The number of amides is 1. The molecule has 1 saturated carbocycles. The SMILES string of the molecule is O=C(CCN1CCCO1)N1CC[C@]2(CCCN(CCC3CCCCC3)C2)C1. The normalized spacial score (nSPS) is 31.2. The van der Waals surface area contributed by atoms with Gasteiger partial charge in [0.25, 0.3) is 0 Å². The fraction of sp³-hybridized carbons (Fsp3) is 0.955. The van der Waals surface area contributed by atoms with Crippen LogP contribution in [0.1, 0.15) is 70.6 Å². The van der Waals surface area contributed by atoms with Crippen molar-refractivity contribution in [3.05, 3.63) is 0 Å². The van der Waals surface area contributed by atoms with E-state index in [1.807, 2.05) is 5.06 Å². The highest BCUT2D eigenvalue weighted by Crippen LogP contribution is 2.39. The summed E-state index contributed by atoms with van der Waals surface area (Å²) in [5.74, 6) is 1.31. The highest BCUT2D eigenvalue weighted by molar-refractivity contribution is 5.76. The van der Waals surface area contributed by atoms with Gasteiger partial charge in [0, 0.05) is 44.6 Å². The molecule has 0 bridgehead atoms. The Hall–Kier alpha value is -0.650. The quantitative estimate of drug-likeness (QED) is 0.712. The zero-order chi connectivity index (χ0) is 18.5. The summed E-state index contributed by atoms with van der Waals surface area (Å²) in [5, 5.41) is 1.97. The third kappa shape index (κ3) is 5.24. The van der Waals surface area contributed by atoms with Gasteiger partial charge in [0.2, 0.25) is 5.91 Å². The maximum atomic E-state index is 12.7. The van der Waals surface area contributed by atoms with Gasteiger partial charge in [0.1, 0.15) is 0 Å². The Morgan fingerprint density at radius 2 is 1.81 bits per heavy atom. The standard InChI is InChI=1S/C22H39N3O2/c26-21(9-15-25-13-5-17-27-25)24-16-11-22(19-24)10-4-12-23(18-22)14-8-20-6-2-1-3-7-20/h20H,1-19H2/t22-/m0/s1. The first kappa shape index (κ1) is 19.7. The molecule has 4 fully saturated rings. The first-order valence-corrected chi connectivity index (χ1v) is 11.6. The van der Waals surface area contributed by atoms with Gasteiger partial charge in [0.05, 0.1) is 6.61 Å². The van der Waals surface area contributed by atoms with E-state index in [9.17, 15) is 4.79 Å². The van der Waals surface area contributed by atoms with Crippen LogP contribution in [-0.2, 0) is 9.63 Å². The predicted octanol–water partition coefficient (Wildman–Crippen LogP) is 3.30. The van der Waals surface area contributed by atoms with E-state index >= 15 is 0 Å². The zero-order valence-corrected chi connectivity index (χ0v) is 17.2. The average Bonchev–Trinajstić information content (AvgIpc) is 3.36. The number of nitrogens with zero attached hydrogens (tertiary/aromatic N) is 3. The van der Waals surface area contributed by atoms with Gasteiger partial charge in [-0.05, 0) is 51.1 Å². The highest BCUT2D eigenvalue weighted by Gasteiger charge is 2.42. The van der Waals surface area contributed by atoms with Gasteiger partial charge in [-0.15, -0.1) is 0 Å². The lowest BCUT2D eigenvalue weighted by atomic mass is 9.79. The minimum absolute atomic E-state index is 0.335. The number of hydrogen-bond acceptors (Lipinski definition) is 4. The van der Waals surface area contributed by atoms with E-state index in [1.165, 1.54) is 77.4 Å². The minimum Gasteiger partial charge on any atom is -0.342 e. The second-order valence-electron chi connectivity index (χ2n) is 9.60. The van der Waals surface area contributed by atoms with Gasteiger partial charge in [-0.2, -0.15) is 5.06 Å². The fourth-order valence-corrected chi connectivity index (χ4v) is 5.88. The van der Waals surface area contributed by atoms with Crippen molar-refractivity contribution < 1.29 is 9.63 Å². The van der Waals surface area contributed by atoms with Crippen LogP contribution in [0, 0.1) is 11.3 Å².